The second kappa shape index (κ2) is 10.9. The summed E-state index contributed by atoms with van der Waals surface area (Å²) in [5.74, 6) is 0.172. The number of carbonyl (C=O) groups is 1. The van der Waals surface area contributed by atoms with Crippen LogP contribution in [0.4, 0.5) is 4.39 Å². The lowest BCUT2D eigenvalue weighted by Crippen LogP contribution is -2.39. The molecule has 1 amide bonds. The molecule has 0 saturated heterocycles. The number of fused-ring (bicyclic) bond motifs is 1. The van der Waals surface area contributed by atoms with Gasteiger partial charge in [-0.2, -0.15) is 0 Å². The second-order valence-electron chi connectivity index (χ2n) is 8.38. The third kappa shape index (κ3) is 4.84. The van der Waals surface area contributed by atoms with Gasteiger partial charge in [0.25, 0.3) is 11.5 Å². The lowest BCUT2D eigenvalue weighted by molar-refractivity contribution is 0.0659. The van der Waals surface area contributed by atoms with E-state index in [1.807, 2.05) is 19.9 Å². The van der Waals surface area contributed by atoms with Gasteiger partial charge in [0.1, 0.15) is 17.4 Å². The molecule has 0 aliphatic carbocycles. The second-order valence-corrected chi connectivity index (χ2v) is 8.79. The van der Waals surface area contributed by atoms with Crippen molar-refractivity contribution >= 4 is 28.4 Å². The molecular formula is C28H27ClFN3O3. The Hall–Kier alpha value is -3.71. The van der Waals surface area contributed by atoms with E-state index in [1.54, 1.807) is 54.5 Å². The van der Waals surface area contributed by atoms with Crippen LogP contribution < -0.4 is 10.3 Å². The van der Waals surface area contributed by atoms with Crippen molar-refractivity contribution in [2.75, 3.05) is 13.7 Å². The van der Waals surface area contributed by atoms with Crippen molar-refractivity contribution in [3.05, 3.63) is 99.3 Å². The topological polar surface area (TPSA) is 64.4 Å². The molecule has 0 aliphatic heterocycles. The number of carbonyl (C=O) groups excluding carboxylic acids is 1. The molecule has 6 nitrogen and oxygen atoms in total. The molecule has 0 N–H and O–H groups in total. The average Bonchev–Trinajstić information content (AvgIpc) is 2.90. The fourth-order valence-corrected chi connectivity index (χ4v) is 4.53. The summed E-state index contributed by atoms with van der Waals surface area (Å²) >= 11 is 6.08. The number of amides is 1. The van der Waals surface area contributed by atoms with Crippen molar-refractivity contribution in [3.8, 4) is 11.4 Å². The highest BCUT2D eigenvalue weighted by Crippen LogP contribution is 2.29. The van der Waals surface area contributed by atoms with E-state index < -0.39 is 11.9 Å². The summed E-state index contributed by atoms with van der Waals surface area (Å²) in [7, 11) is 1.55. The number of aromatic nitrogens is 2. The fraction of sp³-hybridized carbons (Fsp3) is 0.250. The molecule has 0 saturated carbocycles. The maximum absolute atomic E-state index is 14.0. The molecule has 1 unspecified atom stereocenters. The van der Waals surface area contributed by atoms with Crippen LogP contribution in [-0.2, 0) is 0 Å². The number of hydrogen-bond acceptors (Lipinski definition) is 4. The van der Waals surface area contributed by atoms with E-state index in [0.29, 0.717) is 53.1 Å². The number of halogens is 2. The Kier molecular flexibility index (Phi) is 7.70. The first-order valence-corrected chi connectivity index (χ1v) is 12.2. The standard InChI is InChI=1S/C28H27ClFN3O3/c1-4-15-32(27(34)18-9-8-10-20(16-18)36-3)25(5-2)26-31-24-12-7-6-11-21(24)28(35)33(26)19-13-14-23(30)22(29)17-19/h6-14,16-17,25H,4-5,15H2,1-3H3. The van der Waals surface area contributed by atoms with Gasteiger partial charge in [-0.25, -0.2) is 9.37 Å². The van der Waals surface area contributed by atoms with Gasteiger partial charge in [0.2, 0.25) is 0 Å². The van der Waals surface area contributed by atoms with Gasteiger partial charge in [0.05, 0.1) is 34.8 Å². The maximum atomic E-state index is 14.0. The number of benzene rings is 3. The van der Waals surface area contributed by atoms with Crippen molar-refractivity contribution in [2.45, 2.75) is 32.7 Å². The van der Waals surface area contributed by atoms with Crippen LogP contribution in [0.5, 0.6) is 5.75 Å². The zero-order valence-corrected chi connectivity index (χ0v) is 21.1. The molecule has 1 aromatic heterocycles. The Balaban J connectivity index is 1.95. The maximum Gasteiger partial charge on any atom is 0.266 e. The van der Waals surface area contributed by atoms with Crippen molar-refractivity contribution in [2.24, 2.45) is 0 Å². The van der Waals surface area contributed by atoms with Gasteiger partial charge in [0.15, 0.2) is 0 Å². The molecular weight excluding hydrogens is 481 g/mol. The zero-order chi connectivity index (χ0) is 25.8. The highest BCUT2D eigenvalue weighted by molar-refractivity contribution is 6.30. The third-order valence-corrected chi connectivity index (χ3v) is 6.36. The van der Waals surface area contributed by atoms with E-state index in [9.17, 15) is 14.0 Å². The Labute approximate surface area is 213 Å². The van der Waals surface area contributed by atoms with Crippen molar-refractivity contribution < 1.29 is 13.9 Å². The Bertz CT molecular complexity index is 1470. The molecule has 36 heavy (non-hydrogen) atoms. The number of nitrogens with zero attached hydrogens (tertiary/aromatic N) is 3. The van der Waals surface area contributed by atoms with E-state index in [2.05, 4.69) is 0 Å². The summed E-state index contributed by atoms with van der Waals surface area (Å²) in [4.78, 5) is 34.1. The molecule has 186 valence electrons. The third-order valence-electron chi connectivity index (χ3n) is 6.07. The van der Waals surface area contributed by atoms with Gasteiger partial charge >= 0.3 is 0 Å². The Morgan fingerprint density at radius 1 is 1.11 bits per heavy atom. The molecule has 3 aromatic carbocycles. The predicted molar refractivity (Wildman–Crippen MR) is 140 cm³/mol. The molecule has 0 aliphatic rings. The zero-order valence-electron chi connectivity index (χ0n) is 20.4. The molecule has 0 radical (unpaired) electrons. The van der Waals surface area contributed by atoms with Crippen LogP contribution in [0.2, 0.25) is 5.02 Å². The first-order chi connectivity index (χ1) is 17.4. The molecule has 1 heterocycles. The van der Waals surface area contributed by atoms with Crippen LogP contribution in [0.25, 0.3) is 16.6 Å². The highest BCUT2D eigenvalue weighted by atomic mass is 35.5. The van der Waals surface area contributed by atoms with Crippen LogP contribution in [0, 0.1) is 5.82 Å². The SMILES string of the molecule is CCCN(C(=O)c1cccc(OC)c1)C(CC)c1nc2ccccc2c(=O)n1-c1ccc(F)c(Cl)c1. The van der Waals surface area contributed by atoms with Crippen LogP contribution in [0.15, 0.2) is 71.5 Å². The smallest absolute Gasteiger partial charge is 0.266 e. The van der Waals surface area contributed by atoms with Gasteiger partial charge in [-0.3, -0.25) is 14.2 Å². The molecule has 4 rings (SSSR count). The van der Waals surface area contributed by atoms with Crippen LogP contribution >= 0.6 is 11.6 Å². The summed E-state index contributed by atoms with van der Waals surface area (Å²) < 4.78 is 20.7. The predicted octanol–water partition coefficient (Wildman–Crippen LogP) is 6.19. The molecule has 0 spiro atoms. The highest BCUT2D eigenvalue weighted by Gasteiger charge is 2.29. The van der Waals surface area contributed by atoms with Crippen molar-refractivity contribution in [1.82, 2.24) is 14.5 Å². The van der Waals surface area contributed by atoms with Gasteiger partial charge in [-0.15, -0.1) is 0 Å². The molecule has 1 atom stereocenters. The average molecular weight is 508 g/mol. The minimum atomic E-state index is -0.586. The Morgan fingerprint density at radius 2 is 1.89 bits per heavy atom. The van der Waals surface area contributed by atoms with Gasteiger partial charge in [-0.05, 0) is 61.4 Å². The van der Waals surface area contributed by atoms with E-state index in [-0.39, 0.29) is 16.5 Å². The van der Waals surface area contributed by atoms with E-state index in [1.165, 1.54) is 22.8 Å². The Morgan fingerprint density at radius 3 is 2.58 bits per heavy atom. The van der Waals surface area contributed by atoms with Gasteiger partial charge < -0.3 is 9.64 Å². The number of methoxy groups -OCH3 is 1. The quantitative estimate of drug-likeness (QED) is 0.285. The summed E-state index contributed by atoms with van der Waals surface area (Å²) in [6.07, 6.45) is 1.20. The van der Waals surface area contributed by atoms with E-state index >= 15 is 0 Å². The minimum Gasteiger partial charge on any atom is -0.497 e. The van der Waals surface area contributed by atoms with Crippen LogP contribution in [0.3, 0.4) is 0 Å². The van der Waals surface area contributed by atoms with Gasteiger partial charge in [-0.1, -0.05) is 43.6 Å². The fourth-order valence-electron chi connectivity index (χ4n) is 4.35. The van der Waals surface area contributed by atoms with E-state index in [4.69, 9.17) is 21.3 Å². The summed E-state index contributed by atoms with van der Waals surface area (Å²) in [5, 5.41) is 0.308. The number of rotatable bonds is 8. The molecule has 4 aromatic rings. The molecule has 0 fully saturated rings. The number of hydrogen-bond donors (Lipinski definition) is 0. The lowest BCUT2D eigenvalue weighted by atomic mass is 10.1. The monoisotopic (exact) mass is 507 g/mol. The van der Waals surface area contributed by atoms with Crippen molar-refractivity contribution in [3.63, 3.8) is 0 Å². The number of para-hydroxylation sites is 1. The number of ether oxygens (including phenoxy) is 1. The van der Waals surface area contributed by atoms with Crippen LogP contribution in [-0.4, -0.2) is 34.0 Å². The lowest BCUT2D eigenvalue weighted by Gasteiger charge is -2.32. The first-order valence-electron chi connectivity index (χ1n) is 11.8. The molecule has 8 heteroatoms. The van der Waals surface area contributed by atoms with Crippen molar-refractivity contribution in [1.29, 1.82) is 0 Å². The van der Waals surface area contributed by atoms with Crippen LogP contribution in [0.1, 0.15) is 48.9 Å². The normalized spacial score (nSPS) is 11.9. The largest absolute Gasteiger partial charge is 0.497 e. The minimum absolute atomic E-state index is 0.107. The summed E-state index contributed by atoms with van der Waals surface area (Å²) in [6, 6.07) is 17.6. The first kappa shape index (κ1) is 25.4. The van der Waals surface area contributed by atoms with E-state index in [0.717, 1.165) is 0 Å². The van der Waals surface area contributed by atoms with Gasteiger partial charge in [0, 0.05) is 12.1 Å². The molecule has 0 bridgehead atoms. The summed E-state index contributed by atoms with van der Waals surface area (Å²) in [6.45, 7) is 4.37. The summed E-state index contributed by atoms with van der Waals surface area (Å²) in [5.41, 5.74) is 1.05.